The molecule has 2 aliphatic rings. The molecule has 1 unspecified atom stereocenters. The molecule has 0 aromatic heterocycles. The molecule has 0 aromatic rings. The van der Waals surface area contributed by atoms with Crippen LogP contribution in [0.5, 0.6) is 0 Å². The minimum absolute atomic E-state index is 0.172. The third-order valence-electron chi connectivity index (χ3n) is 5.51. The molecule has 1 saturated heterocycles. The topological polar surface area (TPSA) is 46.5 Å². The minimum atomic E-state index is -0.598. The first kappa shape index (κ1) is 15.8. The van der Waals surface area contributed by atoms with Gasteiger partial charge in [-0.3, -0.25) is 4.79 Å². The van der Waals surface area contributed by atoms with Crippen molar-refractivity contribution in [2.24, 2.45) is 16.7 Å². The predicted molar refractivity (Wildman–Crippen MR) is 79.7 cm³/mol. The van der Waals surface area contributed by atoms with Gasteiger partial charge in [-0.25, -0.2) is 0 Å². The maximum atomic E-state index is 11.9. The maximum Gasteiger partial charge on any atom is 0.309 e. The highest BCUT2D eigenvalue weighted by Gasteiger charge is 2.45. The van der Waals surface area contributed by atoms with Crippen molar-refractivity contribution in [2.75, 3.05) is 6.61 Å². The van der Waals surface area contributed by atoms with Gasteiger partial charge < -0.3 is 9.84 Å². The Morgan fingerprint density at radius 2 is 1.85 bits per heavy atom. The van der Waals surface area contributed by atoms with Crippen LogP contribution in [0.15, 0.2) is 0 Å². The van der Waals surface area contributed by atoms with Crippen LogP contribution < -0.4 is 0 Å². The quantitative estimate of drug-likeness (QED) is 0.841. The van der Waals surface area contributed by atoms with E-state index in [1.165, 1.54) is 6.42 Å². The molecular weight excluding hydrogens is 252 g/mol. The highest BCUT2D eigenvalue weighted by atomic mass is 16.5. The van der Waals surface area contributed by atoms with E-state index in [9.17, 15) is 9.90 Å². The molecule has 1 N–H and O–H groups in total. The Morgan fingerprint density at radius 3 is 2.30 bits per heavy atom. The molecule has 0 spiro atoms. The Balaban J connectivity index is 1.99. The molecule has 0 bridgehead atoms. The fourth-order valence-corrected chi connectivity index (χ4v) is 3.95. The van der Waals surface area contributed by atoms with Crippen molar-refractivity contribution in [3.05, 3.63) is 0 Å². The molecule has 1 atom stereocenters. The summed E-state index contributed by atoms with van der Waals surface area (Å²) in [4.78, 5) is 11.9. The van der Waals surface area contributed by atoms with Crippen LogP contribution in [0, 0.1) is 16.7 Å². The zero-order valence-corrected chi connectivity index (χ0v) is 13.3. The first-order valence-corrected chi connectivity index (χ1v) is 8.18. The summed E-state index contributed by atoms with van der Waals surface area (Å²) in [5.74, 6) is 0.0567. The van der Waals surface area contributed by atoms with Crippen LogP contribution in [0.25, 0.3) is 0 Å². The number of carboxylic acids is 1. The molecule has 0 amide bonds. The summed E-state index contributed by atoms with van der Waals surface area (Å²) in [6.45, 7) is 7.63. The first-order valence-electron chi connectivity index (χ1n) is 8.18. The van der Waals surface area contributed by atoms with E-state index in [0.29, 0.717) is 11.3 Å². The van der Waals surface area contributed by atoms with Crippen LogP contribution in [-0.4, -0.2) is 23.8 Å². The Morgan fingerprint density at radius 1 is 1.20 bits per heavy atom. The first-order chi connectivity index (χ1) is 9.33. The Hall–Kier alpha value is -0.570. The lowest BCUT2D eigenvalue weighted by atomic mass is 9.62. The molecule has 0 aromatic carbocycles. The second-order valence-corrected chi connectivity index (χ2v) is 7.92. The molecule has 1 aliphatic heterocycles. The van der Waals surface area contributed by atoms with Gasteiger partial charge in [0, 0.05) is 6.61 Å². The predicted octanol–water partition coefficient (Wildman–Crippen LogP) is 4.25. The lowest BCUT2D eigenvalue weighted by molar-refractivity contribution is -0.156. The Kier molecular flexibility index (Phi) is 4.78. The minimum Gasteiger partial charge on any atom is -0.481 e. The summed E-state index contributed by atoms with van der Waals surface area (Å²) in [7, 11) is 0. The fraction of sp³-hybridized carbons (Fsp3) is 0.941. The van der Waals surface area contributed by atoms with Crippen LogP contribution in [-0.2, 0) is 9.53 Å². The van der Waals surface area contributed by atoms with Gasteiger partial charge in [-0.1, -0.05) is 20.8 Å². The smallest absolute Gasteiger partial charge is 0.309 e. The van der Waals surface area contributed by atoms with Crippen molar-refractivity contribution in [3.8, 4) is 0 Å². The SMILES string of the molecule is CC(C)(C)C1CCC(CC2CCCCO2)(C(=O)O)CC1. The molecule has 0 radical (unpaired) electrons. The van der Waals surface area contributed by atoms with E-state index in [1.54, 1.807) is 0 Å². The van der Waals surface area contributed by atoms with Crippen molar-refractivity contribution in [1.29, 1.82) is 0 Å². The highest BCUT2D eigenvalue weighted by Crippen LogP contribution is 2.48. The lowest BCUT2D eigenvalue weighted by Gasteiger charge is -2.43. The second-order valence-electron chi connectivity index (χ2n) is 7.92. The molecule has 116 valence electrons. The standard InChI is InChI=1S/C17H30O3/c1-16(2,3)13-7-9-17(10-8-13,15(18)19)12-14-6-4-5-11-20-14/h13-14H,4-12H2,1-3H3,(H,18,19). The number of ether oxygens (including phenoxy) is 1. The number of carboxylic acid groups (broad SMARTS) is 1. The van der Waals surface area contributed by atoms with Crippen molar-refractivity contribution in [3.63, 3.8) is 0 Å². The molecule has 20 heavy (non-hydrogen) atoms. The molecule has 1 saturated carbocycles. The summed E-state index contributed by atoms with van der Waals surface area (Å²) in [6.07, 6.45) is 7.98. The molecule has 1 heterocycles. The van der Waals surface area contributed by atoms with Gasteiger partial charge in [0.05, 0.1) is 11.5 Å². The Bertz CT molecular complexity index is 329. The average molecular weight is 282 g/mol. The molecule has 3 nitrogen and oxygen atoms in total. The summed E-state index contributed by atoms with van der Waals surface area (Å²) >= 11 is 0. The second kappa shape index (κ2) is 6.05. The van der Waals surface area contributed by atoms with Gasteiger partial charge in [0.1, 0.15) is 0 Å². The molecule has 2 fully saturated rings. The van der Waals surface area contributed by atoms with Crippen LogP contribution in [0.4, 0.5) is 0 Å². The van der Waals surface area contributed by atoms with Gasteiger partial charge in [0.25, 0.3) is 0 Å². The van der Waals surface area contributed by atoms with Crippen LogP contribution >= 0.6 is 0 Å². The number of hydrogen-bond acceptors (Lipinski definition) is 2. The van der Waals surface area contributed by atoms with Crippen molar-refractivity contribution < 1.29 is 14.6 Å². The molecular formula is C17H30O3. The zero-order chi connectivity index (χ0) is 14.8. The third kappa shape index (κ3) is 3.55. The van der Waals surface area contributed by atoms with Gasteiger partial charge >= 0.3 is 5.97 Å². The van der Waals surface area contributed by atoms with Crippen LogP contribution in [0.2, 0.25) is 0 Å². The van der Waals surface area contributed by atoms with Gasteiger partial charge in [-0.15, -0.1) is 0 Å². The van der Waals surface area contributed by atoms with Gasteiger partial charge in [0.2, 0.25) is 0 Å². The number of rotatable bonds is 3. The average Bonchev–Trinajstić information content (AvgIpc) is 2.39. The van der Waals surface area contributed by atoms with E-state index in [2.05, 4.69) is 20.8 Å². The number of hydrogen-bond donors (Lipinski definition) is 1. The molecule has 1 aliphatic carbocycles. The van der Waals surface area contributed by atoms with E-state index in [0.717, 1.165) is 51.6 Å². The lowest BCUT2D eigenvalue weighted by Crippen LogP contribution is -2.41. The zero-order valence-electron chi connectivity index (χ0n) is 13.3. The summed E-state index contributed by atoms with van der Waals surface area (Å²) in [6, 6.07) is 0. The van der Waals surface area contributed by atoms with Gasteiger partial charge in [0.15, 0.2) is 0 Å². The Labute approximate surface area is 123 Å². The largest absolute Gasteiger partial charge is 0.481 e. The van der Waals surface area contributed by atoms with Crippen LogP contribution in [0.3, 0.4) is 0 Å². The summed E-state index contributed by atoms with van der Waals surface area (Å²) in [5, 5.41) is 9.75. The maximum absolute atomic E-state index is 11.9. The van der Waals surface area contributed by atoms with Gasteiger partial charge in [-0.2, -0.15) is 0 Å². The van der Waals surface area contributed by atoms with Crippen molar-refractivity contribution >= 4 is 5.97 Å². The summed E-state index contributed by atoms with van der Waals surface area (Å²) in [5.41, 5.74) is -0.226. The normalized spacial score (nSPS) is 35.8. The van der Waals surface area contributed by atoms with Gasteiger partial charge in [-0.05, 0) is 62.7 Å². The third-order valence-corrected chi connectivity index (χ3v) is 5.51. The van der Waals surface area contributed by atoms with E-state index in [1.807, 2.05) is 0 Å². The van der Waals surface area contributed by atoms with Crippen molar-refractivity contribution in [1.82, 2.24) is 0 Å². The molecule has 3 heteroatoms. The number of carbonyl (C=O) groups is 1. The van der Waals surface area contributed by atoms with E-state index >= 15 is 0 Å². The van der Waals surface area contributed by atoms with E-state index in [-0.39, 0.29) is 6.10 Å². The monoisotopic (exact) mass is 282 g/mol. The fourth-order valence-electron chi connectivity index (χ4n) is 3.95. The number of aliphatic carboxylic acids is 1. The van der Waals surface area contributed by atoms with Crippen molar-refractivity contribution in [2.45, 2.75) is 78.2 Å². The van der Waals surface area contributed by atoms with Crippen LogP contribution in [0.1, 0.15) is 72.1 Å². The van der Waals surface area contributed by atoms with E-state index < -0.39 is 11.4 Å². The van der Waals surface area contributed by atoms with E-state index in [4.69, 9.17) is 4.74 Å². The highest BCUT2D eigenvalue weighted by molar-refractivity contribution is 5.74. The summed E-state index contributed by atoms with van der Waals surface area (Å²) < 4.78 is 5.79. The molecule has 2 rings (SSSR count).